The van der Waals surface area contributed by atoms with E-state index in [2.05, 4.69) is 13.2 Å². The molecular weight excluding hydrogens is 258 g/mol. The van der Waals surface area contributed by atoms with Gasteiger partial charge in [0, 0.05) is 30.6 Å². The fourth-order valence-corrected chi connectivity index (χ4v) is 1.87. The summed E-state index contributed by atoms with van der Waals surface area (Å²) in [6.45, 7) is 7.87. The summed E-state index contributed by atoms with van der Waals surface area (Å²) in [5.41, 5.74) is 0.425. The van der Waals surface area contributed by atoms with E-state index in [4.69, 9.17) is 14.7 Å². The summed E-state index contributed by atoms with van der Waals surface area (Å²) >= 11 is 0. The van der Waals surface area contributed by atoms with Gasteiger partial charge in [-0.3, -0.25) is 0 Å². The van der Waals surface area contributed by atoms with Gasteiger partial charge < -0.3 is 9.47 Å². The summed E-state index contributed by atoms with van der Waals surface area (Å²) in [6.07, 6.45) is 3.44. The molecule has 1 atom stereocenters. The van der Waals surface area contributed by atoms with E-state index in [1.165, 1.54) is 0 Å². The average Bonchev–Trinajstić information content (AvgIpc) is 2.91. The van der Waals surface area contributed by atoms with Crippen molar-refractivity contribution in [2.45, 2.75) is 44.6 Å². The normalized spacial score (nSPS) is 17.2. The zero-order valence-electron chi connectivity index (χ0n) is 11.5. The van der Waals surface area contributed by atoms with Gasteiger partial charge in [0.25, 0.3) is 0 Å². The largest absolute Gasteiger partial charge is 0.386 e. The fourth-order valence-electron chi connectivity index (χ4n) is 1.87. The molecule has 0 saturated carbocycles. The molecule has 1 aliphatic rings. The fraction of sp³-hybridized carbons (Fsp3) is 0.533. The first-order valence-corrected chi connectivity index (χ1v) is 6.65. The first-order chi connectivity index (χ1) is 9.54. The molecule has 1 unspecified atom stereocenters. The van der Waals surface area contributed by atoms with Crippen LogP contribution in [0.5, 0.6) is 0 Å². The van der Waals surface area contributed by atoms with Gasteiger partial charge in [-0.15, -0.1) is 0 Å². The lowest BCUT2D eigenvalue weighted by molar-refractivity contribution is -0.154. The van der Waals surface area contributed by atoms with Crippen LogP contribution in [0.25, 0.3) is 0 Å². The Hall–Kier alpha value is -1.93. The molecule has 5 nitrogen and oxygen atoms in total. The van der Waals surface area contributed by atoms with Gasteiger partial charge in [0.15, 0.2) is 0 Å². The number of carbonyl (C=O) groups excluding carboxylic acids is 2. The van der Waals surface area contributed by atoms with E-state index >= 15 is 0 Å². The first kappa shape index (κ1) is 16.1. The minimum absolute atomic E-state index is 0.0102. The molecule has 0 aromatic heterocycles. The van der Waals surface area contributed by atoms with E-state index in [-0.39, 0.29) is 17.3 Å². The highest BCUT2D eigenvalue weighted by Gasteiger charge is 2.22. The molecule has 1 rings (SSSR count). The summed E-state index contributed by atoms with van der Waals surface area (Å²) in [6, 6.07) is 1.97. The molecule has 0 bridgehead atoms. The third kappa shape index (κ3) is 5.37. The maximum absolute atomic E-state index is 11.7. The van der Waals surface area contributed by atoms with Gasteiger partial charge in [0.1, 0.15) is 0 Å². The Morgan fingerprint density at radius 3 is 2.60 bits per heavy atom. The maximum Gasteiger partial charge on any atom is 0.341 e. The molecule has 20 heavy (non-hydrogen) atoms. The van der Waals surface area contributed by atoms with E-state index < -0.39 is 11.9 Å². The molecule has 5 heteroatoms. The Balaban J connectivity index is 2.32. The second-order valence-electron chi connectivity index (χ2n) is 4.73. The van der Waals surface area contributed by atoms with Crippen molar-refractivity contribution in [3.63, 3.8) is 0 Å². The number of unbranched alkanes of at least 4 members (excludes halogenated alkanes) is 1. The second kappa shape index (κ2) is 8.28. The first-order valence-electron chi connectivity index (χ1n) is 6.65. The van der Waals surface area contributed by atoms with Crippen LogP contribution in [0.2, 0.25) is 0 Å². The standard InChI is InChI=1S/C15H19NO4/c1-11(6-3-4-8-16)14(17)20-15(18)12(2)10-13-7-5-9-19-13/h13H,1-7,9-10H2. The van der Waals surface area contributed by atoms with Crippen LogP contribution in [0, 0.1) is 11.3 Å². The van der Waals surface area contributed by atoms with Gasteiger partial charge in [0.2, 0.25) is 0 Å². The number of esters is 2. The average molecular weight is 277 g/mol. The number of rotatable bonds is 7. The predicted molar refractivity (Wildman–Crippen MR) is 72.4 cm³/mol. The van der Waals surface area contributed by atoms with Crippen molar-refractivity contribution < 1.29 is 19.1 Å². The van der Waals surface area contributed by atoms with Crippen molar-refractivity contribution in [1.82, 2.24) is 0 Å². The van der Waals surface area contributed by atoms with Crippen molar-refractivity contribution in [2.24, 2.45) is 0 Å². The third-order valence-electron chi connectivity index (χ3n) is 3.03. The molecule has 0 aromatic rings. The van der Waals surface area contributed by atoms with Crippen LogP contribution in [0.3, 0.4) is 0 Å². The molecule has 108 valence electrons. The van der Waals surface area contributed by atoms with Crippen molar-refractivity contribution in [3.05, 3.63) is 24.3 Å². The van der Waals surface area contributed by atoms with Crippen molar-refractivity contribution in [3.8, 4) is 6.07 Å². The summed E-state index contributed by atoms with van der Waals surface area (Å²) in [5, 5.41) is 8.40. The molecule has 0 radical (unpaired) electrons. The molecule has 1 heterocycles. The lowest BCUT2D eigenvalue weighted by Crippen LogP contribution is -2.18. The zero-order valence-corrected chi connectivity index (χ0v) is 11.5. The number of ether oxygens (including phenoxy) is 2. The molecule has 1 saturated heterocycles. The van der Waals surface area contributed by atoms with Gasteiger partial charge in [0.05, 0.1) is 12.2 Å². The minimum Gasteiger partial charge on any atom is -0.386 e. The van der Waals surface area contributed by atoms with Gasteiger partial charge in [-0.1, -0.05) is 13.2 Å². The monoisotopic (exact) mass is 277 g/mol. The lowest BCUT2D eigenvalue weighted by Gasteiger charge is -2.11. The molecule has 0 amide bonds. The third-order valence-corrected chi connectivity index (χ3v) is 3.03. The topological polar surface area (TPSA) is 76.4 Å². The van der Waals surface area contributed by atoms with E-state index in [0.29, 0.717) is 32.3 Å². The Bertz CT molecular complexity index is 441. The van der Waals surface area contributed by atoms with Gasteiger partial charge in [-0.25, -0.2) is 9.59 Å². The molecule has 0 spiro atoms. The minimum atomic E-state index is -0.749. The summed E-state index contributed by atoms with van der Waals surface area (Å²) in [5.74, 6) is -1.48. The zero-order chi connectivity index (χ0) is 15.0. The summed E-state index contributed by atoms with van der Waals surface area (Å²) < 4.78 is 10.1. The van der Waals surface area contributed by atoms with Crippen molar-refractivity contribution in [1.29, 1.82) is 5.26 Å². The second-order valence-corrected chi connectivity index (χ2v) is 4.73. The van der Waals surface area contributed by atoms with E-state index in [0.717, 1.165) is 12.8 Å². The van der Waals surface area contributed by atoms with Crippen LogP contribution in [0.1, 0.15) is 38.5 Å². The van der Waals surface area contributed by atoms with Crippen LogP contribution in [0.4, 0.5) is 0 Å². The van der Waals surface area contributed by atoms with Crippen LogP contribution in [-0.2, 0) is 19.1 Å². The number of hydrogen-bond acceptors (Lipinski definition) is 5. The molecule has 0 N–H and O–H groups in total. The number of nitriles is 1. The van der Waals surface area contributed by atoms with Crippen LogP contribution < -0.4 is 0 Å². The van der Waals surface area contributed by atoms with E-state index in [1.807, 2.05) is 6.07 Å². The predicted octanol–water partition coefficient (Wildman–Crippen LogP) is 2.43. The molecule has 0 aromatic carbocycles. The maximum atomic E-state index is 11.7. The number of nitrogens with zero attached hydrogens (tertiary/aromatic N) is 1. The van der Waals surface area contributed by atoms with Crippen LogP contribution in [-0.4, -0.2) is 24.6 Å². The molecule has 1 fully saturated rings. The van der Waals surface area contributed by atoms with Gasteiger partial charge in [-0.2, -0.15) is 5.26 Å². The quantitative estimate of drug-likeness (QED) is 0.309. The van der Waals surface area contributed by atoms with Crippen molar-refractivity contribution in [2.75, 3.05) is 6.61 Å². The smallest absolute Gasteiger partial charge is 0.341 e. The summed E-state index contributed by atoms with van der Waals surface area (Å²) in [4.78, 5) is 23.3. The van der Waals surface area contributed by atoms with E-state index in [9.17, 15) is 9.59 Å². The Labute approximate surface area is 118 Å². The van der Waals surface area contributed by atoms with Gasteiger partial charge in [-0.05, 0) is 25.7 Å². The SMILES string of the molecule is C=C(CCCC#N)C(=O)OC(=O)C(=C)CC1CCCO1. The Kier molecular flexibility index (Phi) is 6.68. The highest BCUT2D eigenvalue weighted by atomic mass is 16.6. The Morgan fingerprint density at radius 2 is 2.00 bits per heavy atom. The van der Waals surface area contributed by atoms with Gasteiger partial charge >= 0.3 is 11.9 Å². The Morgan fingerprint density at radius 1 is 1.30 bits per heavy atom. The van der Waals surface area contributed by atoms with Crippen LogP contribution in [0.15, 0.2) is 24.3 Å². The number of carbonyl (C=O) groups is 2. The van der Waals surface area contributed by atoms with E-state index in [1.54, 1.807) is 0 Å². The molecule has 0 aliphatic carbocycles. The summed E-state index contributed by atoms with van der Waals surface area (Å²) in [7, 11) is 0. The lowest BCUT2D eigenvalue weighted by atomic mass is 10.1. The highest BCUT2D eigenvalue weighted by Crippen LogP contribution is 2.19. The highest BCUT2D eigenvalue weighted by molar-refractivity contribution is 6.01. The molecule has 1 aliphatic heterocycles. The number of hydrogen-bond donors (Lipinski definition) is 0. The van der Waals surface area contributed by atoms with Crippen LogP contribution >= 0.6 is 0 Å². The molecular formula is C15H19NO4. The van der Waals surface area contributed by atoms with Crippen molar-refractivity contribution >= 4 is 11.9 Å².